The third kappa shape index (κ3) is 3.68. The number of carbonyl (C=O) groups excluding carboxylic acids is 2. The van der Waals surface area contributed by atoms with Crippen molar-refractivity contribution in [2.75, 3.05) is 25.0 Å². The van der Waals surface area contributed by atoms with Gasteiger partial charge in [0.1, 0.15) is 6.04 Å². The maximum absolute atomic E-state index is 12.7. The normalized spacial score (nSPS) is 22.1. The second-order valence-electron chi connectivity index (χ2n) is 6.54. The predicted octanol–water partition coefficient (Wildman–Crippen LogP) is 2.78. The molecule has 2 fully saturated rings. The molecule has 1 aromatic rings. The first kappa shape index (κ1) is 17.5. The molecule has 24 heavy (non-hydrogen) atoms. The third-order valence-electron chi connectivity index (χ3n) is 4.88. The van der Waals surface area contributed by atoms with E-state index in [2.05, 4.69) is 10.6 Å². The van der Waals surface area contributed by atoms with Gasteiger partial charge in [-0.3, -0.25) is 9.59 Å². The first-order valence-corrected chi connectivity index (χ1v) is 8.99. The highest BCUT2D eigenvalue weighted by molar-refractivity contribution is 6.35. The standard InChI is InChI=1S/C17H21Cl2N3O2/c1-10(11-8-20-9-11)17(24)22-4-2-3-15(22)16(23)21-14-6-12(18)5-13(19)7-14/h5-7,10-11,15,20H,2-4,8-9H2,1H3,(H,21,23). The molecule has 0 saturated carbocycles. The number of anilines is 1. The first-order valence-electron chi connectivity index (χ1n) is 8.24. The molecule has 3 rings (SSSR count). The van der Waals surface area contributed by atoms with Crippen molar-refractivity contribution in [1.29, 1.82) is 0 Å². The van der Waals surface area contributed by atoms with E-state index in [1.807, 2.05) is 6.92 Å². The summed E-state index contributed by atoms with van der Waals surface area (Å²) in [5.74, 6) is 0.204. The number of carbonyl (C=O) groups is 2. The summed E-state index contributed by atoms with van der Waals surface area (Å²) in [6.07, 6.45) is 1.53. The number of nitrogens with zero attached hydrogens (tertiary/aromatic N) is 1. The molecular weight excluding hydrogens is 349 g/mol. The zero-order valence-corrected chi connectivity index (χ0v) is 15.0. The van der Waals surface area contributed by atoms with Gasteiger partial charge in [0.2, 0.25) is 11.8 Å². The van der Waals surface area contributed by atoms with Crippen LogP contribution in [0.3, 0.4) is 0 Å². The second-order valence-corrected chi connectivity index (χ2v) is 7.42. The molecule has 2 atom stereocenters. The number of halogens is 2. The maximum Gasteiger partial charge on any atom is 0.247 e. The number of nitrogens with one attached hydrogen (secondary N) is 2. The minimum atomic E-state index is -0.425. The van der Waals surface area contributed by atoms with Crippen LogP contribution in [0, 0.1) is 11.8 Å². The van der Waals surface area contributed by atoms with E-state index in [-0.39, 0.29) is 17.7 Å². The number of hydrogen-bond acceptors (Lipinski definition) is 3. The summed E-state index contributed by atoms with van der Waals surface area (Å²) in [5, 5.41) is 6.94. The predicted molar refractivity (Wildman–Crippen MR) is 95.4 cm³/mol. The van der Waals surface area contributed by atoms with E-state index in [0.717, 1.165) is 19.5 Å². The Labute approximate surface area is 151 Å². The Hall–Kier alpha value is -1.30. The van der Waals surface area contributed by atoms with E-state index < -0.39 is 6.04 Å². The first-order chi connectivity index (χ1) is 11.5. The van der Waals surface area contributed by atoms with Gasteiger partial charge in [0.15, 0.2) is 0 Å². The smallest absolute Gasteiger partial charge is 0.247 e. The lowest BCUT2D eigenvalue weighted by Crippen LogP contribution is -2.52. The number of hydrogen-bond donors (Lipinski definition) is 2. The lowest BCUT2D eigenvalue weighted by atomic mass is 9.88. The quantitative estimate of drug-likeness (QED) is 0.857. The van der Waals surface area contributed by atoms with Crippen LogP contribution in [-0.2, 0) is 9.59 Å². The van der Waals surface area contributed by atoms with Crippen LogP contribution < -0.4 is 10.6 Å². The molecule has 5 nitrogen and oxygen atoms in total. The fraction of sp³-hybridized carbons (Fsp3) is 0.529. The lowest BCUT2D eigenvalue weighted by molar-refractivity contribution is -0.141. The van der Waals surface area contributed by atoms with Crippen LogP contribution in [0.15, 0.2) is 18.2 Å². The van der Waals surface area contributed by atoms with E-state index in [0.29, 0.717) is 34.6 Å². The molecule has 0 aromatic heterocycles. The summed E-state index contributed by atoms with van der Waals surface area (Å²) in [5.41, 5.74) is 0.549. The van der Waals surface area contributed by atoms with E-state index in [1.165, 1.54) is 0 Å². The summed E-state index contributed by atoms with van der Waals surface area (Å²) >= 11 is 11.9. The van der Waals surface area contributed by atoms with Crippen LogP contribution in [0.2, 0.25) is 10.0 Å². The van der Waals surface area contributed by atoms with Crippen molar-refractivity contribution in [2.24, 2.45) is 11.8 Å². The number of rotatable bonds is 4. The Morgan fingerprint density at radius 1 is 1.25 bits per heavy atom. The summed E-state index contributed by atoms with van der Waals surface area (Å²) in [6.45, 7) is 4.34. The van der Waals surface area contributed by atoms with Crippen LogP contribution in [0.1, 0.15) is 19.8 Å². The molecule has 0 aliphatic carbocycles. The minimum Gasteiger partial charge on any atom is -0.330 e. The molecular formula is C17H21Cl2N3O2. The van der Waals surface area contributed by atoms with Crippen LogP contribution in [0.4, 0.5) is 5.69 Å². The molecule has 2 unspecified atom stereocenters. The highest BCUT2D eigenvalue weighted by atomic mass is 35.5. The topological polar surface area (TPSA) is 61.4 Å². The van der Waals surface area contributed by atoms with Gasteiger partial charge < -0.3 is 15.5 Å². The van der Waals surface area contributed by atoms with Crippen molar-refractivity contribution >= 4 is 40.7 Å². The van der Waals surface area contributed by atoms with Crippen molar-refractivity contribution in [3.05, 3.63) is 28.2 Å². The molecule has 7 heteroatoms. The second kappa shape index (κ2) is 7.30. The third-order valence-corrected chi connectivity index (χ3v) is 5.31. The highest BCUT2D eigenvalue weighted by Gasteiger charge is 2.39. The van der Waals surface area contributed by atoms with Crippen molar-refractivity contribution in [2.45, 2.75) is 25.8 Å². The molecule has 2 aliphatic heterocycles. The van der Waals surface area contributed by atoms with E-state index >= 15 is 0 Å². The molecule has 0 spiro atoms. The van der Waals surface area contributed by atoms with Gasteiger partial charge in [0.05, 0.1) is 0 Å². The molecule has 0 radical (unpaired) electrons. The Morgan fingerprint density at radius 3 is 2.50 bits per heavy atom. The maximum atomic E-state index is 12.7. The molecule has 2 N–H and O–H groups in total. The van der Waals surface area contributed by atoms with E-state index in [1.54, 1.807) is 23.1 Å². The molecule has 2 amide bonds. The van der Waals surface area contributed by atoms with Crippen LogP contribution in [0.25, 0.3) is 0 Å². The monoisotopic (exact) mass is 369 g/mol. The van der Waals surface area contributed by atoms with Gasteiger partial charge in [-0.25, -0.2) is 0 Å². The molecule has 2 heterocycles. The summed E-state index contributed by atoms with van der Waals surface area (Å²) in [7, 11) is 0. The van der Waals surface area contributed by atoms with Crippen molar-refractivity contribution in [1.82, 2.24) is 10.2 Å². The van der Waals surface area contributed by atoms with Gasteiger partial charge >= 0.3 is 0 Å². The van der Waals surface area contributed by atoms with Crippen LogP contribution in [0.5, 0.6) is 0 Å². The van der Waals surface area contributed by atoms with Crippen LogP contribution in [-0.4, -0.2) is 42.4 Å². The van der Waals surface area contributed by atoms with Gasteiger partial charge in [0, 0.05) is 28.2 Å². The van der Waals surface area contributed by atoms with Gasteiger partial charge in [-0.2, -0.15) is 0 Å². The zero-order valence-electron chi connectivity index (χ0n) is 13.5. The number of amides is 2. The Morgan fingerprint density at radius 2 is 1.92 bits per heavy atom. The van der Waals surface area contributed by atoms with Crippen LogP contribution >= 0.6 is 23.2 Å². The average molecular weight is 370 g/mol. The summed E-state index contributed by atoms with van der Waals surface area (Å²) in [6, 6.07) is 4.48. The largest absolute Gasteiger partial charge is 0.330 e. The zero-order chi connectivity index (χ0) is 17.3. The van der Waals surface area contributed by atoms with Crippen molar-refractivity contribution in [3.8, 4) is 0 Å². The molecule has 130 valence electrons. The van der Waals surface area contributed by atoms with E-state index in [4.69, 9.17) is 23.2 Å². The van der Waals surface area contributed by atoms with Crippen molar-refractivity contribution < 1.29 is 9.59 Å². The molecule has 2 aliphatic rings. The Balaban J connectivity index is 1.67. The lowest BCUT2D eigenvalue weighted by Gasteiger charge is -2.35. The van der Waals surface area contributed by atoms with Gasteiger partial charge in [-0.15, -0.1) is 0 Å². The summed E-state index contributed by atoms with van der Waals surface area (Å²) < 4.78 is 0. The highest BCUT2D eigenvalue weighted by Crippen LogP contribution is 2.27. The SMILES string of the molecule is CC(C(=O)N1CCCC1C(=O)Nc1cc(Cl)cc(Cl)c1)C1CNC1. The fourth-order valence-corrected chi connectivity index (χ4v) is 3.81. The fourth-order valence-electron chi connectivity index (χ4n) is 3.28. The minimum absolute atomic E-state index is 0.0553. The van der Waals surface area contributed by atoms with E-state index in [9.17, 15) is 9.59 Å². The van der Waals surface area contributed by atoms with Gasteiger partial charge in [-0.05, 0) is 50.0 Å². The Kier molecular flexibility index (Phi) is 5.33. The molecule has 2 saturated heterocycles. The molecule has 0 bridgehead atoms. The average Bonchev–Trinajstić information content (AvgIpc) is 2.92. The van der Waals surface area contributed by atoms with Gasteiger partial charge in [-0.1, -0.05) is 30.1 Å². The Bertz CT molecular complexity index is 628. The van der Waals surface area contributed by atoms with Gasteiger partial charge in [0.25, 0.3) is 0 Å². The number of benzene rings is 1. The molecule has 1 aromatic carbocycles. The van der Waals surface area contributed by atoms with Crippen molar-refractivity contribution in [3.63, 3.8) is 0 Å². The number of likely N-dealkylation sites (tertiary alicyclic amines) is 1. The summed E-state index contributed by atoms with van der Waals surface area (Å²) in [4.78, 5) is 27.1.